The van der Waals surface area contributed by atoms with Gasteiger partial charge in [0.25, 0.3) is 0 Å². The van der Waals surface area contributed by atoms with Gasteiger partial charge in [0.2, 0.25) is 5.88 Å². The van der Waals surface area contributed by atoms with Crippen LogP contribution in [0.5, 0.6) is 5.88 Å². The van der Waals surface area contributed by atoms with Crippen molar-refractivity contribution in [3.8, 4) is 11.6 Å². The van der Waals surface area contributed by atoms with Gasteiger partial charge in [-0.25, -0.2) is 14.8 Å². The second kappa shape index (κ2) is 8.03. The van der Waals surface area contributed by atoms with Crippen LogP contribution >= 0.6 is 0 Å². The van der Waals surface area contributed by atoms with E-state index in [2.05, 4.69) is 31.4 Å². The maximum Gasteiger partial charge on any atom is 0.326 e. The molecule has 4 N–H and O–H groups in total. The fourth-order valence-corrected chi connectivity index (χ4v) is 3.79. The monoisotopic (exact) mass is 455 g/mol. The molecule has 11 heteroatoms. The van der Waals surface area contributed by atoms with E-state index in [1.807, 2.05) is 35.0 Å². The molecule has 11 nitrogen and oxygen atoms in total. The van der Waals surface area contributed by atoms with Crippen molar-refractivity contribution in [3.05, 3.63) is 87.7 Å². The molecule has 0 spiro atoms. The standard InChI is InChI=1S/C23H21N9O2/c33-22-17(28-23(34)30-22)9-15-12-26-32-20(27-16-5-6-16)10-19(29-21(15)32)25-11-14-3-1-2-4-18(14)31-8-7-24-13-31/h1-4,7-10,12-13,16,25,33H,5-6,11H2,(H2,28,30,34)/b15-9+,27-20?. The number of nitrogens with zero attached hydrogens (tertiary/aromatic N) is 6. The zero-order valence-electron chi connectivity index (χ0n) is 18.0. The molecule has 5 aromatic rings. The van der Waals surface area contributed by atoms with Crippen LogP contribution in [-0.4, -0.2) is 45.3 Å². The summed E-state index contributed by atoms with van der Waals surface area (Å²) < 4.78 is 3.65. The quantitative estimate of drug-likeness (QED) is 0.299. The Labute approximate surface area is 192 Å². The average Bonchev–Trinajstić information content (AvgIpc) is 3.20. The van der Waals surface area contributed by atoms with Crippen LogP contribution in [0.1, 0.15) is 24.1 Å². The van der Waals surface area contributed by atoms with Gasteiger partial charge in [0.1, 0.15) is 11.5 Å². The molecular weight excluding hydrogens is 434 g/mol. The third-order valence-electron chi connectivity index (χ3n) is 5.61. The SMILES string of the molecule is O=c1[nH]c(O)c(/C=c2\cnn3c(=NC4CC4)cc(NCc4ccccc4-n4ccnc4)nc23)[nH]1. The number of para-hydroxylation sites is 1. The first kappa shape index (κ1) is 20.0. The number of rotatable bonds is 6. The van der Waals surface area contributed by atoms with Crippen LogP contribution in [0.25, 0.3) is 17.4 Å². The Morgan fingerprint density at radius 1 is 1.26 bits per heavy atom. The molecule has 0 aliphatic heterocycles. The molecule has 1 fully saturated rings. The van der Waals surface area contributed by atoms with Crippen molar-refractivity contribution in [2.75, 3.05) is 5.32 Å². The summed E-state index contributed by atoms with van der Waals surface area (Å²) in [6.45, 7) is 0.541. The van der Waals surface area contributed by atoms with E-state index in [1.165, 1.54) is 0 Å². The molecular formula is C23H21N9O2. The number of fused-ring (bicyclic) bond motifs is 1. The summed E-state index contributed by atoms with van der Waals surface area (Å²) in [6, 6.07) is 10.3. The number of anilines is 1. The van der Waals surface area contributed by atoms with Crippen molar-refractivity contribution in [1.29, 1.82) is 0 Å². The van der Waals surface area contributed by atoms with Gasteiger partial charge in [-0.15, -0.1) is 0 Å². The van der Waals surface area contributed by atoms with Gasteiger partial charge < -0.3 is 20.0 Å². The minimum absolute atomic E-state index is 0.238. The largest absolute Gasteiger partial charge is 0.493 e. The Kier molecular flexibility index (Phi) is 4.72. The molecule has 0 unspecified atom stereocenters. The molecule has 4 heterocycles. The second-order valence-electron chi connectivity index (χ2n) is 8.13. The van der Waals surface area contributed by atoms with Gasteiger partial charge in [-0.05, 0) is 30.5 Å². The summed E-state index contributed by atoms with van der Waals surface area (Å²) in [5.41, 5.74) is 3.14. The Morgan fingerprint density at radius 2 is 2.15 bits per heavy atom. The fraction of sp³-hybridized carbons (Fsp3) is 0.174. The van der Waals surface area contributed by atoms with E-state index in [0.29, 0.717) is 34.8 Å². The topological polar surface area (TPSA) is 141 Å². The number of imidazole rings is 2. The number of nitrogens with one attached hydrogen (secondary N) is 3. The van der Waals surface area contributed by atoms with Gasteiger partial charge in [0, 0.05) is 30.2 Å². The van der Waals surface area contributed by atoms with Crippen LogP contribution in [0.2, 0.25) is 0 Å². The Balaban J connectivity index is 1.41. The molecule has 0 amide bonds. The maximum atomic E-state index is 11.5. The van der Waals surface area contributed by atoms with Crippen LogP contribution in [-0.2, 0) is 6.54 Å². The van der Waals surface area contributed by atoms with Gasteiger partial charge in [-0.1, -0.05) is 18.2 Å². The molecule has 34 heavy (non-hydrogen) atoms. The number of hydrogen-bond acceptors (Lipinski definition) is 7. The third kappa shape index (κ3) is 3.83. The smallest absolute Gasteiger partial charge is 0.326 e. The zero-order valence-corrected chi connectivity index (χ0v) is 18.0. The van der Waals surface area contributed by atoms with Gasteiger partial charge in [-0.2, -0.15) is 9.61 Å². The van der Waals surface area contributed by atoms with Crippen LogP contribution in [0, 0.1) is 0 Å². The van der Waals surface area contributed by atoms with Crippen molar-refractivity contribution in [1.82, 2.24) is 34.1 Å². The fourth-order valence-electron chi connectivity index (χ4n) is 3.79. The molecule has 0 saturated heterocycles. The average molecular weight is 455 g/mol. The summed E-state index contributed by atoms with van der Waals surface area (Å²) in [7, 11) is 0. The first-order chi connectivity index (χ1) is 16.6. The molecule has 170 valence electrons. The highest BCUT2D eigenvalue weighted by atomic mass is 16.3. The first-order valence-corrected chi connectivity index (χ1v) is 10.9. The Bertz CT molecular complexity index is 1660. The molecule has 1 aliphatic carbocycles. The number of hydrogen-bond donors (Lipinski definition) is 4. The summed E-state index contributed by atoms with van der Waals surface area (Å²) >= 11 is 0. The molecule has 0 radical (unpaired) electrons. The zero-order chi connectivity index (χ0) is 23.1. The molecule has 0 atom stereocenters. The molecule has 4 aromatic heterocycles. The number of aromatic hydroxyl groups is 1. The molecule has 6 rings (SSSR count). The van der Waals surface area contributed by atoms with Crippen LogP contribution in [0.3, 0.4) is 0 Å². The minimum atomic E-state index is -0.489. The van der Waals surface area contributed by atoms with Crippen molar-refractivity contribution >= 4 is 17.5 Å². The number of aromatic nitrogens is 7. The van der Waals surface area contributed by atoms with Gasteiger partial charge in [-0.3, -0.25) is 9.98 Å². The van der Waals surface area contributed by atoms with Crippen LogP contribution in [0.15, 0.2) is 65.0 Å². The number of H-pyrrole nitrogens is 2. The second-order valence-corrected chi connectivity index (χ2v) is 8.13. The predicted octanol–water partition coefficient (Wildman–Crippen LogP) is 0.860. The van der Waals surface area contributed by atoms with E-state index in [-0.39, 0.29) is 11.6 Å². The summed E-state index contributed by atoms with van der Waals surface area (Å²) in [4.78, 5) is 30.1. The highest BCUT2D eigenvalue weighted by Crippen LogP contribution is 2.22. The van der Waals surface area contributed by atoms with Crippen molar-refractivity contribution in [2.45, 2.75) is 25.4 Å². The van der Waals surface area contributed by atoms with E-state index < -0.39 is 5.69 Å². The Hall–Kier alpha value is -4.67. The minimum Gasteiger partial charge on any atom is -0.493 e. The first-order valence-electron chi connectivity index (χ1n) is 10.9. The molecule has 1 aliphatic rings. The van der Waals surface area contributed by atoms with E-state index in [0.717, 1.165) is 24.1 Å². The van der Waals surface area contributed by atoms with E-state index >= 15 is 0 Å². The predicted molar refractivity (Wildman–Crippen MR) is 124 cm³/mol. The normalized spacial score (nSPS) is 14.8. The third-order valence-corrected chi connectivity index (χ3v) is 5.61. The van der Waals surface area contributed by atoms with Gasteiger partial charge in [0.05, 0.1) is 24.3 Å². The lowest BCUT2D eigenvalue weighted by Gasteiger charge is -2.12. The lowest BCUT2D eigenvalue weighted by Crippen LogP contribution is -2.20. The maximum absolute atomic E-state index is 11.5. The van der Waals surface area contributed by atoms with Crippen molar-refractivity contribution in [2.24, 2.45) is 4.99 Å². The van der Waals surface area contributed by atoms with Gasteiger partial charge in [0.15, 0.2) is 11.1 Å². The highest BCUT2D eigenvalue weighted by Gasteiger charge is 2.20. The highest BCUT2D eigenvalue weighted by molar-refractivity contribution is 5.58. The summed E-state index contributed by atoms with van der Waals surface area (Å²) in [6.07, 6.45) is 10.8. The van der Waals surface area contributed by atoms with Crippen LogP contribution < -0.4 is 21.7 Å². The molecule has 1 saturated carbocycles. The summed E-state index contributed by atoms with van der Waals surface area (Å²) in [5.74, 6) is 0.409. The number of benzene rings is 1. The lowest BCUT2D eigenvalue weighted by atomic mass is 10.1. The molecule has 0 bridgehead atoms. The van der Waals surface area contributed by atoms with Crippen molar-refractivity contribution < 1.29 is 5.11 Å². The van der Waals surface area contributed by atoms with Gasteiger partial charge >= 0.3 is 5.69 Å². The van der Waals surface area contributed by atoms with E-state index in [9.17, 15) is 9.90 Å². The Morgan fingerprint density at radius 3 is 2.91 bits per heavy atom. The number of aromatic amines is 2. The van der Waals surface area contributed by atoms with Crippen LogP contribution in [0.4, 0.5) is 5.82 Å². The van der Waals surface area contributed by atoms with Crippen molar-refractivity contribution in [3.63, 3.8) is 0 Å². The molecule has 1 aromatic carbocycles. The lowest BCUT2D eigenvalue weighted by molar-refractivity contribution is 0.454. The van der Waals surface area contributed by atoms with E-state index in [4.69, 9.17) is 9.98 Å². The van der Waals surface area contributed by atoms with E-state index in [1.54, 1.807) is 29.3 Å². The summed E-state index contributed by atoms with van der Waals surface area (Å²) in [5, 5.41) is 18.4.